The Bertz CT molecular complexity index is 1100. The lowest BCUT2D eigenvalue weighted by Crippen LogP contribution is -2.37. The monoisotopic (exact) mass is 457 g/mol. The Labute approximate surface area is 190 Å². The fourth-order valence-corrected chi connectivity index (χ4v) is 4.29. The second-order valence-electron chi connectivity index (χ2n) is 7.17. The largest absolute Gasteiger partial charge is 0.497 e. The topological polar surface area (TPSA) is 96.9 Å². The zero-order valence-corrected chi connectivity index (χ0v) is 19.0. The molecule has 9 heteroatoms. The quantitative estimate of drug-likeness (QED) is 0.318. The number of rotatable bonds is 12. The van der Waals surface area contributed by atoms with Gasteiger partial charge in [0.25, 0.3) is 5.56 Å². The van der Waals surface area contributed by atoms with E-state index in [-0.39, 0.29) is 18.8 Å². The summed E-state index contributed by atoms with van der Waals surface area (Å²) in [4.78, 5) is 23.1. The summed E-state index contributed by atoms with van der Waals surface area (Å²) in [7, 11) is 3.23. The molecule has 0 amide bonds. The zero-order valence-electron chi connectivity index (χ0n) is 18.2. The van der Waals surface area contributed by atoms with Gasteiger partial charge in [-0.1, -0.05) is 18.1 Å². The molecule has 0 aliphatic heterocycles. The average Bonchev–Trinajstić information content (AvgIpc) is 3.22. The first-order chi connectivity index (χ1) is 15.5. The van der Waals surface area contributed by atoms with E-state index in [1.807, 2.05) is 34.5 Å². The van der Waals surface area contributed by atoms with Crippen LogP contribution in [0, 0.1) is 12.3 Å². The molecule has 2 N–H and O–H groups in total. The van der Waals surface area contributed by atoms with Crippen molar-refractivity contribution in [2.24, 2.45) is 0 Å². The molecule has 0 saturated heterocycles. The number of aromatic nitrogens is 2. The number of fused-ring (bicyclic) bond motifs is 1. The predicted octanol–water partition coefficient (Wildman–Crippen LogP) is 2.12. The molecule has 8 nitrogen and oxygen atoms in total. The number of benzene rings is 1. The summed E-state index contributed by atoms with van der Waals surface area (Å²) < 4.78 is 15.6. The van der Waals surface area contributed by atoms with Crippen LogP contribution in [0.3, 0.4) is 0 Å². The predicted molar refractivity (Wildman–Crippen MR) is 125 cm³/mol. The van der Waals surface area contributed by atoms with Gasteiger partial charge in [-0.2, -0.15) is 0 Å². The first-order valence-corrected chi connectivity index (χ1v) is 11.0. The van der Waals surface area contributed by atoms with Crippen LogP contribution in [0.15, 0.2) is 34.4 Å². The Hall–Kier alpha value is -2.74. The van der Waals surface area contributed by atoms with Gasteiger partial charge in [0.05, 0.1) is 38.4 Å². The summed E-state index contributed by atoms with van der Waals surface area (Å²) in [5.74, 6) is 3.65. The Morgan fingerprint density at radius 1 is 1.31 bits per heavy atom. The van der Waals surface area contributed by atoms with Crippen LogP contribution in [-0.4, -0.2) is 73.2 Å². The minimum Gasteiger partial charge on any atom is -0.497 e. The molecule has 1 aromatic carbocycles. The molecule has 0 spiro atoms. The molecule has 1 atom stereocenters. The molecule has 3 rings (SSSR count). The van der Waals surface area contributed by atoms with Gasteiger partial charge < -0.3 is 24.3 Å². The van der Waals surface area contributed by atoms with Gasteiger partial charge in [0.15, 0.2) is 0 Å². The summed E-state index contributed by atoms with van der Waals surface area (Å²) >= 11 is 1.43. The van der Waals surface area contributed by atoms with Crippen molar-refractivity contribution < 1.29 is 19.3 Å². The first kappa shape index (κ1) is 23.9. The van der Waals surface area contributed by atoms with Crippen LogP contribution in [0.5, 0.6) is 5.75 Å². The van der Waals surface area contributed by atoms with Crippen molar-refractivity contribution in [1.82, 2.24) is 14.9 Å². The van der Waals surface area contributed by atoms with E-state index in [4.69, 9.17) is 20.6 Å². The minimum absolute atomic E-state index is 0.132. The van der Waals surface area contributed by atoms with Gasteiger partial charge in [-0.3, -0.25) is 9.69 Å². The third-order valence-corrected chi connectivity index (χ3v) is 5.72. The highest BCUT2D eigenvalue weighted by atomic mass is 32.1. The summed E-state index contributed by atoms with van der Waals surface area (Å²) in [6.45, 7) is 2.01. The standard InChI is InChI=1S/C23H27N3O5S/c1-4-10-31-14-17(27)12-26(9-11-29-2)13-20-24-22(28)21-19(15-32-23(21)25-20)16-5-7-18(30-3)8-6-16/h1,5-8,15,17,27H,9-14H2,2-3H3,(H,24,25,28). The molecule has 170 valence electrons. The molecular formula is C23H27N3O5S. The van der Waals surface area contributed by atoms with Crippen molar-refractivity contribution in [3.63, 3.8) is 0 Å². The maximum absolute atomic E-state index is 12.9. The van der Waals surface area contributed by atoms with E-state index in [1.165, 1.54) is 11.3 Å². The normalized spacial score (nSPS) is 12.2. The van der Waals surface area contributed by atoms with Gasteiger partial charge in [0.1, 0.15) is 23.0 Å². The average molecular weight is 458 g/mol. The number of thiophene rings is 1. The van der Waals surface area contributed by atoms with Crippen LogP contribution < -0.4 is 10.3 Å². The Morgan fingerprint density at radius 2 is 2.09 bits per heavy atom. The Kier molecular flexibility index (Phi) is 8.79. The van der Waals surface area contributed by atoms with E-state index in [2.05, 4.69) is 15.9 Å². The highest BCUT2D eigenvalue weighted by molar-refractivity contribution is 7.17. The van der Waals surface area contributed by atoms with Crippen molar-refractivity contribution in [2.75, 3.05) is 47.1 Å². The van der Waals surface area contributed by atoms with Crippen LogP contribution in [-0.2, 0) is 16.0 Å². The molecule has 0 aliphatic rings. The fraction of sp³-hybridized carbons (Fsp3) is 0.391. The van der Waals surface area contributed by atoms with Gasteiger partial charge in [-0.05, 0) is 17.7 Å². The first-order valence-electron chi connectivity index (χ1n) is 10.1. The van der Waals surface area contributed by atoms with Gasteiger partial charge in [0.2, 0.25) is 0 Å². The SMILES string of the molecule is C#CCOCC(O)CN(CCOC)Cc1nc2scc(-c3ccc(OC)cc3)c2c(=O)[nH]1. The number of H-pyrrole nitrogens is 1. The Balaban J connectivity index is 1.79. The van der Waals surface area contributed by atoms with E-state index in [0.717, 1.165) is 16.9 Å². The molecule has 1 unspecified atom stereocenters. The Morgan fingerprint density at radius 3 is 2.78 bits per heavy atom. The molecule has 0 bridgehead atoms. The van der Waals surface area contributed by atoms with Crippen molar-refractivity contribution in [1.29, 1.82) is 0 Å². The number of hydrogen-bond acceptors (Lipinski definition) is 8. The lowest BCUT2D eigenvalue weighted by molar-refractivity contribution is 0.0202. The number of terminal acetylenes is 1. The zero-order chi connectivity index (χ0) is 22.9. The van der Waals surface area contributed by atoms with Crippen LogP contribution in [0.25, 0.3) is 21.3 Å². The van der Waals surface area contributed by atoms with Gasteiger partial charge in [-0.25, -0.2) is 4.98 Å². The van der Waals surface area contributed by atoms with Gasteiger partial charge in [0, 0.05) is 31.1 Å². The number of nitrogens with one attached hydrogen (secondary N) is 1. The number of hydrogen-bond donors (Lipinski definition) is 2. The van der Waals surface area contributed by atoms with Gasteiger partial charge >= 0.3 is 0 Å². The maximum atomic E-state index is 12.9. The van der Waals surface area contributed by atoms with E-state index < -0.39 is 6.10 Å². The number of aliphatic hydroxyl groups is 1. The second-order valence-corrected chi connectivity index (χ2v) is 8.03. The summed E-state index contributed by atoms with van der Waals surface area (Å²) in [6, 6.07) is 7.57. The van der Waals surface area contributed by atoms with Crippen LogP contribution in [0.1, 0.15) is 5.82 Å². The van der Waals surface area contributed by atoms with Gasteiger partial charge in [-0.15, -0.1) is 17.8 Å². The number of ether oxygens (including phenoxy) is 3. The number of aromatic amines is 1. The third-order valence-electron chi connectivity index (χ3n) is 4.84. The molecule has 0 radical (unpaired) electrons. The molecule has 0 saturated carbocycles. The van der Waals surface area contributed by atoms with E-state index in [9.17, 15) is 9.90 Å². The molecular weight excluding hydrogens is 430 g/mol. The van der Waals surface area contributed by atoms with Crippen LogP contribution >= 0.6 is 11.3 Å². The summed E-state index contributed by atoms with van der Waals surface area (Å²) in [5.41, 5.74) is 1.57. The van der Waals surface area contributed by atoms with Crippen molar-refractivity contribution in [3.8, 4) is 29.2 Å². The second kappa shape index (κ2) is 11.8. The molecule has 0 fully saturated rings. The van der Waals surface area contributed by atoms with Crippen molar-refractivity contribution in [2.45, 2.75) is 12.6 Å². The van der Waals surface area contributed by atoms with E-state index >= 15 is 0 Å². The molecule has 2 aromatic heterocycles. The lowest BCUT2D eigenvalue weighted by atomic mass is 10.1. The van der Waals surface area contributed by atoms with E-state index in [1.54, 1.807) is 14.2 Å². The molecule has 3 aromatic rings. The smallest absolute Gasteiger partial charge is 0.260 e. The number of methoxy groups -OCH3 is 2. The van der Waals surface area contributed by atoms with Crippen LogP contribution in [0.4, 0.5) is 0 Å². The highest BCUT2D eigenvalue weighted by Crippen LogP contribution is 2.31. The van der Waals surface area contributed by atoms with Crippen molar-refractivity contribution in [3.05, 3.63) is 45.8 Å². The number of aliphatic hydroxyl groups excluding tert-OH is 1. The molecule has 2 heterocycles. The minimum atomic E-state index is -0.723. The number of nitrogens with zero attached hydrogens (tertiary/aromatic N) is 2. The maximum Gasteiger partial charge on any atom is 0.260 e. The lowest BCUT2D eigenvalue weighted by Gasteiger charge is -2.24. The highest BCUT2D eigenvalue weighted by Gasteiger charge is 2.17. The fourth-order valence-electron chi connectivity index (χ4n) is 3.32. The molecule has 32 heavy (non-hydrogen) atoms. The van der Waals surface area contributed by atoms with E-state index in [0.29, 0.717) is 42.3 Å². The third kappa shape index (κ3) is 6.16. The van der Waals surface area contributed by atoms with Crippen LogP contribution in [0.2, 0.25) is 0 Å². The summed E-state index contributed by atoms with van der Waals surface area (Å²) in [5, 5.41) is 12.7. The van der Waals surface area contributed by atoms with Crippen molar-refractivity contribution >= 4 is 21.6 Å². The summed E-state index contributed by atoms with van der Waals surface area (Å²) in [6.07, 6.45) is 4.44. The molecule has 0 aliphatic carbocycles.